The maximum absolute atomic E-state index is 12.4. The highest BCUT2D eigenvalue weighted by molar-refractivity contribution is 7.90. The molecule has 13 heteroatoms. The van der Waals surface area contributed by atoms with Crippen LogP contribution in [0.15, 0.2) is 70.0 Å². The predicted octanol–water partition coefficient (Wildman–Crippen LogP) is 2.81. The lowest BCUT2D eigenvalue weighted by atomic mass is 10.1. The number of sulfonamides is 1. The molecule has 0 aliphatic heterocycles. The third kappa shape index (κ3) is 5.99. The summed E-state index contributed by atoms with van der Waals surface area (Å²) in [7, 11) is -3.97. The molecule has 0 unspecified atom stereocenters. The van der Waals surface area contributed by atoms with E-state index in [1.165, 1.54) is 54.6 Å². The summed E-state index contributed by atoms with van der Waals surface area (Å²) in [6, 6.07) is 14.0. The number of hydrogen-bond donors (Lipinski definition) is 3. The van der Waals surface area contributed by atoms with Crippen molar-refractivity contribution in [2.45, 2.75) is 11.8 Å². The summed E-state index contributed by atoms with van der Waals surface area (Å²) in [5.74, 6) is -1.18. The number of rotatable bonds is 6. The van der Waals surface area contributed by atoms with Crippen LogP contribution in [0, 0.1) is 10.1 Å². The number of thiocarbonyl (C=S) groups is 1. The second-order valence-electron chi connectivity index (χ2n) is 6.57. The van der Waals surface area contributed by atoms with Gasteiger partial charge >= 0.3 is 0 Å². The Balaban J connectivity index is 1.64. The second-order valence-corrected chi connectivity index (χ2v) is 8.66. The van der Waals surface area contributed by atoms with E-state index in [1.807, 2.05) is 4.72 Å². The van der Waals surface area contributed by atoms with E-state index in [-0.39, 0.29) is 27.2 Å². The average Bonchev–Trinajstić information content (AvgIpc) is 3.24. The third-order valence-electron chi connectivity index (χ3n) is 4.10. The Morgan fingerprint density at radius 2 is 1.76 bits per heavy atom. The first kappa shape index (κ1) is 23.6. The molecule has 0 fully saturated rings. The fraction of sp³-hybridized carbons (Fsp3) is 0.0500. The Morgan fingerprint density at radius 3 is 2.39 bits per heavy atom. The van der Waals surface area contributed by atoms with Crippen LogP contribution in [-0.2, 0) is 14.8 Å². The van der Waals surface area contributed by atoms with E-state index in [4.69, 9.17) is 16.6 Å². The van der Waals surface area contributed by atoms with Crippen LogP contribution in [0.4, 0.5) is 11.4 Å². The molecular weight excluding hydrogens is 472 g/mol. The van der Waals surface area contributed by atoms with Crippen LogP contribution in [0.1, 0.15) is 17.5 Å². The quantitative estimate of drug-likeness (QED) is 0.269. The van der Waals surface area contributed by atoms with E-state index in [1.54, 1.807) is 6.07 Å². The zero-order valence-electron chi connectivity index (χ0n) is 16.9. The van der Waals surface area contributed by atoms with Crippen molar-refractivity contribution < 1.29 is 27.3 Å². The highest BCUT2D eigenvalue weighted by atomic mass is 32.2. The first-order valence-electron chi connectivity index (χ1n) is 9.15. The molecule has 0 spiro atoms. The van der Waals surface area contributed by atoms with Gasteiger partial charge in [0.1, 0.15) is 5.76 Å². The number of carbonyl (C=O) groups excluding carboxylic acids is 2. The van der Waals surface area contributed by atoms with Gasteiger partial charge in [0.15, 0.2) is 10.9 Å². The number of nitrogens with zero attached hydrogens (tertiary/aromatic N) is 1. The maximum Gasteiger partial charge on any atom is 0.293 e. The highest BCUT2D eigenvalue weighted by Gasteiger charge is 2.17. The standard InChI is InChI=1S/C20H16N4O7S2/c1-12(25)23-33(29,30)16-7-5-14(6-8-16)21-20(32)22-19(26)18-10-9-17(31-18)13-3-2-4-15(11-13)24(27)28/h2-11H,1H3,(H,23,25)(H2,21,22,26,32). The lowest BCUT2D eigenvalue weighted by molar-refractivity contribution is -0.384. The normalized spacial score (nSPS) is 10.8. The molecule has 0 saturated carbocycles. The number of hydrogen-bond acceptors (Lipinski definition) is 8. The molecule has 0 radical (unpaired) electrons. The molecule has 3 aromatic rings. The number of nitrogens with one attached hydrogen (secondary N) is 3. The largest absolute Gasteiger partial charge is 0.451 e. The summed E-state index contributed by atoms with van der Waals surface area (Å²) in [6.45, 7) is 1.08. The summed E-state index contributed by atoms with van der Waals surface area (Å²) < 4.78 is 31.2. The van der Waals surface area contributed by atoms with E-state index in [0.29, 0.717) is 11.3 Å². The lowest BCUT2D eigenvalue weighted by Gasteiger charge is -2.10. The molecule has 0 bridgehead atoms. The minimum absolute atomic E-state index is 0.0718. The topological polar surface area (TPSA) is 161 Å². The van der Waals surface area contributed by atoms with Crippen molar-refractivity contribution >= 4 is 50.5 Å². The molecule has 11 nitrogen and oxygen atoms in total. The summed E-state index contributed by atoms with van der Waals surface area (Å²) in [6.07, 6.45) is 0. The molecule has 1 heterocycles. The maximum atomic E-state index is 12.4. The molecule has 0 aliphatic carbocycles. The van der Waals surface area contributed by atoms with Crippen molar-refractivity contribution in [3.63, 3.8) is 0 Å². The van der Waals surface area contributed by atoms with Gasteiger partial charge in [-0.15, -0.1) is 0 Å². The summed E-state index contributed by atoms with van der Waals surface area (Å²) in [5, 5.41) is 16.0. The van der Waals surface area contributed by atoms with E-state index >= 15 is 0 Å². The van der Waals surface area contributed by atoms with Gasteiger partial charge in [0.25, 0.3) is 21.6 Å². The summed E-state index contributed by atoms with van der Waals surface area (Å²) in [5.41, 5.74) is 0.702. The van der Waals surface area contributed by atoms with Crippen molar-refractivity contribution in [3.05, 3.63) is 76.5 Å². The van der Waals surface area contributed by atoms with Crippen molar-refractivity contribution in [2.24, 2.45) is 0 Å². The number of nitro groups is 1. The summed E-state index contributed by atoms with van der Waals surface area (Å²) in [4.78, 5) is 33.7. The van der Waals surface area contributed by atoms with Crippen LogP contribution in [0.25, 0.3) is 11.3 Å². The molecular formula is C20H16N4O7S2. The molecule has 2 amide bonds. The first-order valence-corrected chi connectivity index (χ1v) is 11.0. The number of nitro benzene ring substituents is 1. The Labute approximate surface area is 193 Å². The van der Waals surface area contributed by atoms with Gasteiger partial charge < -0.3 is 9.73 Å². The fourth-order valence-corrected chi connectivity index (χ4v) is 3.88. The first-order chi connectivity index (χ1) is 15.5. The molecule has 33 heavy (non-hydrogen) atoms. The molecule has 1 aromatic heterocycles. The molecule has 0 saturated heterocycles. The monoisotopic (exact) mass is 488 g/mol. The fourth-order valence-electron chi connectivity index (χ4n) is 2.68. The Hall–Kier alpha value is -4.10. The predicted molar refractivity (Wildman–Crippen MR) is 122 cm³/mol. The minimum Gasteiger partial charge on any atom is -0.451 e. The van der Waals surface area contributed by atoms with Gasteiger partial charge in [0.2, 0.25) is 5.91 Å². The van der Waals surface area contributed by atoms with Crippen LogP contribution in [0.3, 0.4) is 0 Å². The smallest absolute Gasteiger partial charge is 0.293 e. The van der Waals surface area contributed by atoms with Crippen LogP contribution < -0.4 is 15.4 Å². The SMILES string of the molecule is CC(=O)NS(=O)(=O)c1ccc(NC(=S)NC(=O)c2ccc(-c3cccc([N+](=O)[O-])c3)o2)cc1. The molecule has 170 valence electrons. The van der Waals surface area contributed by atoms with E-state index in [0.717, 1.165) is 6.92 Å². The Morgan fingerprint density at radius 1 is 1.06 bits per heavy atom. The molecule has 0 aliphatic rings. The van der Waals surface area contributed by atoms with Gasteiger partial charge in [-0.3, -0.25) is 25.0 Å². The number of non-ortho nitro benzene ring substituents is 1. The van der Waals surface area contributed by atoms with Gasteiger partial charge in [-0.2, -0.15) is 0 Å². The molecule has 0 atom stereocenters. The lowest BCUT2D eigenvalue weighted by Crippen LogP contribution is -2.33. The van der Waals surface area contributed by atoms with Crippen LogP contribution in [0.2, 0.25) is 0 Å². The Bertz CT molecular complexity index is 1350. The zero-order chi connectivity index (χ0) is 24.2. The Kier molecular flexibility index (Phi) is 6.84. The minimum atomic E-state index is -3.97. The second kappa shape index (κ2) is 9.58. The number of carbonyl (C=O) groups is 2. The van der Waals surface area contributed by atoms with Crippen molar-refractivity contribution in [1.29, 1.82) is 0 Å². The van der Waals surface area contributed by atoms with Crippen LogP contribution >= 0.6 is 12.2 Å². The van der Waals surface area contributed by atoms with Crippen molar-refractivity contribution in [2.75, 3.05) is 5.32 Å². The number of anilines is 1. The summed E-state index contributed by atoms with van der Waals surface area (Å²) >= 11 is 5.09. The number of amides is 2. The number of benzene rings is 2. The third-order valence-corrected chi connectivity index (χ3v) is 5.75. The van der Waals surface area contributed by atoms with E-state index in [2.05, 4.69) is 10.6 Å². The molecule has 3 N–H and O–H groups in total. The van der Waals surface area contributed by atoms with Gasteiger partial charge in [0, 0.05) is 30.3 Å². The van der Waals surface area contributed by atoms with Crippen molar-refractivity contribution in [3.8, 4) is 11.3 Å². The van der Waals surface area contributed by atoms with Gasteiger partial charge in [0.05, 0.1) is 9.82 Å². The highest BCUT2D eigenvalue weighted by Crippen LogP contribution is 2.25. The van der Waals surface area contributed by atoms with Gasteiger partial charge in [-0.25, -0.2) is 13.1 Å². The van der Waals surface area contributed by atoms with Crippen LogP contribution in [-0.4, -0.2) is 30.3 Å². The van der Waals surface area contributed by atoms with Crippen molar-refractivity contribution in [1.82, 2.24) is 10.0 Å². The molecule has 2 aromatic carbocycles. The zero-order valence-corrected chi connectivity index (χ0v) is 18.5. The molecule has 3 rings (SSSR count). The van der Waals surface area contributed by atoms with Gasteiger partial charge in [-0.1, -0.05) is 12.1 Å². The van der Waals surface area contributed by atoms with Crippen LogP contribution in [0.5, 0.6) is 0 Å². The number of furan rings is 1. The van der Waals surface area contributed by atoms with E-state index < -0.39 is 26.8 Å². The average molecular weight is 489 g/mol. The van der Waals surface area contributed by atoms with E-state index in [9.17, 15) is 28.1 Å². The van der Waals surface area contributed by atoms with Gasteiger partial charge in [-0.05, 0) is 48.6 Å².